The van der Waals surface area contributed by atoms with Gasteiger partial charge in [0.15, 0.2) is 0 Å². The van der Waals surface area contributed by atoms with Crippen molar-refractivity contribution < 1.29 is 9.53 Å². The highest BCUT2D eigenvalue weighted by molar-refractivity contribution is 5.77. The van der Waals surface area contributed by atoms with Crippen LogP contribution in [-0.4, -0.2) is 37.1 Å². The SMILES string of the molecule is CCCCCCCCCCOCCN1CCCC1=O. The van der Waals surface area contributed by atoms with E-state index in [2.05, 4.69) is 6.92 Å². The minimum absolute atomic E-state index is 0.302. The third-order valence-electron chi connectivity index (χ3n) is 3.82. The van der Waals surface area contributed by atoms with Crippen LogP contribution in [0.4, 0.5) is 0 Å². The van der Waals surface area contributed by atoms with Crippen molar-refractivity contribution in [2.24, 2.45) is 0 Å². The summed E-state index contributed by atoms with van der Waals surface area (Å²) < 4.78 is 5.60. The van der Waals surface area contributed by atoms with Crippen LogP contribution in [0.2, 0.25) is 0 Å². The quantitative estimate of drug-likeness (QED) is 0.505. The van der Waals surface area contributed by atoms with Crippen LogP contribution in [0.5, 0.6) is 0 Å². The Bertz CT molecular complexity index is 231. The van der Waals surface area contributed by atoms with Crippen molar-refractivity contribution in [3.8, 4) is 0 Å². The van der Waals surface area contributed by atoms with Gasteiger partial charge in [-0.3, -0.25) is 4.79 Å². The van der Waals surface area contributed by atoms with E-state index in [4.69, 9.17) is 4.74 Å². The van der Waals surface area contributed by atoms with Crippen LogP contribution in [0, 0.1) is 0 Å². The van der Waals surface area contributed by atoms with Gasteiger partial charge in [0, 0.05) is 26.1 Å². The minimum atomic E-state index is 0.302. The summed E-state index contributed by atoms with van der Waals surface area (Å²) in [4.78, 5) is 13.3. The number of likely N-dealkylation sites (tertiary alicyclic amines) is 1. The fourth-order valence-electron chi connectivity index (χ4n) is 2.56. The zero-order chi connectivity index (χ0) is 13.8. The van der Waals surface area contributed by atoms with Crippen LogP contribution in [0.1, 0.15) is 71.1 Å². The molecule has 19 heavy (non-hydrogen) atoms. The van der Waals surface area contributed by atoms with E-state index in [0.29, 0.717) is 12.5 Å². The van der Waals surface area contributed by atoms with Crippen LogP contribution >= 0.6 is 0 Å². The number of hydrogen-bond acceptors (Lipinski definition) is 2. The van der Waals surface area contributed by atoms with Crippen LogP contribution in [0.25, 0.3) is 0 Å². The fourth-order valence-corrected chi connectivity index (χ4v) is 2.56. The number of amides is 1. The molecule has 1 saturated heterocycles. The molecule has 0 aromatic heterocycles. The predicted octanol–water partition coefficient (Wildman–Crippen LogP) is 3.77. The van der Waals surface area contributed by atoms with Gasteiger partial charge in [-0.15, -0.1) is 0 Å². The maximum atomic E-state index is 11.4. The highest BCUT2D eigenvalue weighted by Crippen LogP contribution is 2.09. The van der Waals surface area contributed by atoms with Crippen molar-refractivity contribution in [2.45, 2.75) is 71.1 Å². The van der Waals surface area contributed by atoms with Gasteiger partial charge < -0.3 is 9.64 Å². The summed E-state index contributed by atoms with van der Waals surface area (Å²) in [5.74, 6) is 0.302. The zero-order valence-corrected chi connectivity index (χ0v) is 12.7. The van der Waals surface area contributed by atoms with Gasteiger partial charge in [0.05, 0.1) is 6.61 Å². The Kier molecular flexibility index (Phi) is 9.78. The van der Waals surface area contributed by atoms with E-state index in [9.17, 15) is 4.79 Å². The molecule has 0 unspecified atom stereocenters. The maximum Gasteiger partial charge on any atom is 0.222 e. The van der Waals surface area contributed by atoms with Crippen LogP contribution in [-0.2, 0) is 9.53 Å². The number of hydrogen-bond donors (Lipinski definition) is 0. The second-order valence-corrected chi connectivity index (χ2v) is 5.57. The van der Waals surface area contributed by atoms with E-state index in [1.165, 1.54) is 51.4 Å². The molecule has 0 aliphatic carbocycles. The summed E-state index contributed by atoms with van der Waals surface area (Å²) >= 11 is 0. The molecule has 3 heteroatoms. The Balaban J connectivity index is 1.75. The molecule has 112 valence electrons. The molecule has 1 aliphatic heterocycles. The largest absolute Gasteiger partial charge is 0.380 e. The van der Waals surface area contributed by atoms with Gasteiger partial charge in [-0.25, -0.2) is 0 Å². The number of ether oxygens (including phenoxy) is 1. The lowest BCUT2D eigenvalue weighted by Crippen LogP contribution is -2.28. The molecule has 1 rings (SSSR count). The number of carbonyl (C=O) groups is 1. The molecule has 1 heterocycles. The van der Waals surface area contributed by atoms with Crippen LogP contribution in [0.15, 0.2) is 0 Å². The summed E-state index contributed by atoms with van der Waals surface area (Å²) in [5, 5.41) is 0. The van der Waals surface area contributed by atoms with Gasteiger partial charge in [0.25, 0.3) is 0 Å². The molecule has 0 bridgehead atoms. The molecule has 0 aromatic rings. The summed E-state index contributed by atoms with van der Waals surface area (Å²) in [6.45, 7) is 5.54. The third kappa shape index (κ3) is 8.25. The maximum absolute atomic E-state index is 11.4. The second-order valence-electron chi connectivity index (χ2n) is 5.57. The van der Waals surface area contributed by atoms with Crippen molar-refractivity contribution in [3.05, 3.63) is 0 Å². The van der Waals surface area contributed by atoms with Crippen molar-refractivity contribution in [2.75, 3.05) is 26.3 Å². The Hall–Kier alpha value is -0.570. The van der Waals surface area contributed by atoms with Gasteiger partial charge in [0.1, 0.15) is 0 Å². The first-order valence-corrected chi connectivity index (χ1v) is 8.20. The van der Waals surface area contributed by atoms with E-state index < -0.39 is 0 Å². The molecule has 1 aliphatic rings. The average Bonchev–Trinajstić information content (AvgIpc) is 2.82. The molecule has 0 saturated carbocycles. The van der Waals surface area contributed by atoms with Gasteiger partial charge in [-0.05, 0) is 12.8 Å². The Morgan fingerprint density at radius 3 is 2.32 bits per heavy atom. The van der Waals surface area contributed by atoms with E-state index in [-0.39, 0.29) is 0 Å². The summed E-state index contributed by atoms with van der Waals surface area (Å²) in [6, 6.07) is 0. The standard InChI is InChI=1S/C16H31NO2/c1-2-3-4-5-6-7-8-9-14-19-15-13-17-12-10-11-16(17)18/h2-15H2,1H3. The minimum Gasteiger partial charge on any atom is -0.380 e. The lowest BCUT2D eigenvalue weighted by atomic mass is 10.1. The fraction of sp³-hybridized carbons (Fsp3) is 0.938. The molecule has 0 atom stereocenters. The summed E-state index contributed by atoms with van der Waals surface area (Å²) in [6.07, 6.45) is 12.4. The van der Waals surface area contributed by atoms with Gasteiger partial charge in [-0.1, -0.05) is 51.9 Å². The summed E-state index contributed by atoms with van der Waals surface area (Å²) in [5.41, 5.74) is 0. The molecule has 0 aromatic carbocycles. The van der Waals surface area contributed by atoms with E-state index >= 15 is 0 Å². The average molecular weight is 269 g/mol. The van der Waals surface area contributed by atoms with E-state index in [0.717, 1.165) is 32.5 Å². The Morgan fingerprint density at radius 1 is 1.00 bits per heavy atom. The number of rotatable bonds is 12. The van der Waals surface area contributed by atoms with Gasteiger partial charge >= 0.3 is 0 Å². The number of carbonyl (C=O) groups excluding carboxylic acids is 1. The van der Waals surface area contributed by atoms with Gasteiger partial charge in [0.2, 0.25) is 5.91 Å². The molecular formula is C16H31NO2. The van der Waals surface area contributed by atoms with Crippen LogP contribution < -0.4 is 0 Å². The lowest BCUT2D eigenvalue weighted by Gasteiger charge is -2.15. The first kappa shape index (κ1) is 16.5. The van der Waals surface area contributed by atoms with Crippen molar-refractivity contribution >= 4 is 5.91 Å². The van der Waals surface area contributed by atoms with Crippen LogP contribution in [0.3, 0.4) is 0 Å². The molecule has 0 spiro atoms. The van der Waals surface area contributed by atoms with Crippen molar-refractivity contribution in [3.63, 3.8) is 0 Å². The Labute approximate surface area is 118 Å². The topological polar surface area (TPSA) is 29.5 Å². The molecular weight excluding hydrogens is 238 g/mol. The highest BCUT2D eigenvalue weighted by Gasteiger charge is 2.18. The molecule has 0 N–H and O–H groups in total. The highest BCUT2D eigenvalue weighted by atomic mass is 16.5. The zero-order valence-electron chi connectivity index (χ0n) is 12.7. The van der Waals surface area contributed by atoms with Gasteiger partial charge in [-0.2, -0.15) is 0 Å². The summed E-state index contributed by atoms with van der Waals surface area (Å²) in [7, 11) is 0. The third-order valence-corrected chi connectivity index (χ3v) is 3.82. The monoisotopic (exact) mass is 269 g/mol. The number of unbranched alkanes of at least 4 members (excludes halogenated alkanes) is 7. The van der Waals surface area contributed by atoms with E-state index in [1.807, 2.05) is 4.90 Å². The lowest BCUT2D eigenvalue weighted by molar-refractivity contribution is -0.128. The van der Waals surface area contributed by atoms with Crippen molar-refractivity contribution in [1.29, 1.82) is 0 Å². The molecule has 1 amide bonds. The Morgan fingerprint density at radius 2 is 1.68 bits per heavy atom. The molecule has 1 fully saturated rings. The second kappa shape index (κ2) is 11.3. The molecule has 3 nitrogen and oxygen atoms in total. The normalized spacial score (nSPS) is 15.4. The number of nitrogens with zero attached hydrogens (tertiary/aromatic N) is 1. The van der Waals surface area contributed by atoms with Crippen molar-refractivity contribution in [1.82, 2.24) is 4.90 Å². The van der Waals surface area contributed by atoms with E-state index in [1.54, 1.807) is 0 Å². The first-order valence-electron chi connectivity index (χ1n) is 8.20. The molecule has 0 radical (unpaired) electrons. The smallest absolute Gasteiger partial charge is 0.222 e. The first-order chi connectivity index (χ1) is 9.34. The predicted molar refractivity (Wildman–Crippen MR) is 79.2 cm³/mol.